The first-order valence-corrected chi connectivity index (χ1v) is 7.74. The van der Waals surface area contributed by atoms with E-state index < -0.39 is 0 Å². The predicted molar refractivity (Wildman–Crippen MR) is 76.1 cm³/mol. The molecule has 0 radical (unpaired) electrons. The Hall–Kier alpha value is -1.10. The molecular formula is C15H26N2O3. The normalized spacial score (nSPS) is 27.1. The van der Waals surface area contributed by atoms with Gasteiger partial charge in [-0.1, -0.05) is 20.8 Å². The average Bonchev–Trinajstić information content (AvgIpc) is 3.21. The van der Waals surface area contributed by atoms with Crippen LogP contribution in [0.1, 0.15) is 40.0 Å². The van der Waals surface area contributed by atoms with Crippen LogP contribution in [0.25, 0.3) is 0 Å². The van der Waals surface area contributed by atoms with Gasteiger partial charge in [-0.3, -0.25) is 9.59 Å². The molecule has 2 unspecified atom stereocenters. The number of carbonyl (C=O) groups is 2. The van der Waals surface area contributed by atoms with E-state index in [1.807, 2.05) is 13.8 Å². The Morgan fingerprint density at radius 1 is 1.30 bits per heavy atom. The number of rotatable bonds is 7. The largest absolute Gasteiger partial charge is 0.380 e. The third-order valence-corrected chi connectivity index (χ3v) is 4.00. The highest BCUT2D eigenvalue weighted by Crippen LogP contribution is 2.35. The van der Waals surface area contributed by atoms with Gasteiger partial charge in [0.05, 0.1) is 6.61 Å². The molecule has 2 amide bonds. The highest BCUT2D eigenvalue weighted by molar-refractivity contribution is 5.97. The minimum absolute atomic E-state index is 0.00742. The van der Waals surface area contributed by atoms with Crippen LogP contribution in [0, 0.1) is 11.8 Å². The van der Waals surface area contributed by atoms with E-state index in [0.29, 0.717) is 25.7 Å². The molecule has 0 aromatic rings. The fourth-order valence-corrected chi connectivity index (χ4v) is 2.83. The zero-order valence-corrected chi connectivity index (χ0v) is 12.7. The lowest BCUT2D eigenvalue weighted by atomic mass is 9.95. The van der Waals surface area contributed by atoms with E-state index in [4.69, 9.17) is 4.74 Å². The number of amides is 2. The molecule has 114 valence electrons. The number of hydrogen-bond acceptors (Lipinski definition) is 3. The summed E-state index contributed by atoms with van der Waals surface area (Å²) in [6, 6.07) is -0.661. The van der Waals surface area contributed by atoms with E-state index in [0.717, 1.165) is 19.3 Å². The van der Waals surface area contributed by atoms with Crippen molar-refractivity contribution in [1.29, 1.82) is 0 Å². The second-order valence-corrected chi connectivity index (χ2v) is 6.16. The van der Waals surface area contributed by atoms with Crippen LogP contribution in [0.4, 0.5) is 0 Å². The third-order valence-electron chi connectivity index (χ3n) is 4.00. The molecule has 5 nitrogen and oxygen atoms in total. The number of hydrogen-bond donors (Lipinski definition) is 1. The van der Waals surface area contributed by atoms with Gasteiger partial charge in [0.2, 0.25) is 11.8 Å². The third kappa shape index (κ3) is 3.32. The Balaban J connectivity index is 2.03. The molecule has 1 aliphatic heterocycles. The van der Waals surface area contributed by atoms with Crippen molar-refractivity contribution in [3.63, 3.8) is 0 Å². The molecule has 0 bridgehead atoms. The van der Waals surface area contributed by atoms with E-state index in [9.17, 15) is 9.59 Å². The van der Waals surface area contributed by atoms with Gasteiger partial charge in [0.15, 0.2) is 0 Å². The van der Waals surface area contributed by atoms with Gasteiger partial charge in [0.1, 0.15) is 12.1 Å². The van der Waals surface area contributed by atoms with Crippen molar-refractivity contribution in [1.82, 2.24) is 10.2 Å². The fourth-order valence-electron chi connectivity index (χ4n) is 2.83. The molecule has 2 fully saturated rings. The highest BCUT2D eigenvalue weighted by Gasteiger charge is 2.47. The molecule has 2 aliphatic rings. The van der Waals surface area contributed by atoms with Gasteiger partial charge in [-0.05, 0) is 31.1 Å². The smallest absolute Gasteiger partial charge is 0.246 e. The molecule has 0 aromatic carbocycles. The Morgan fingerprint density at radius 3 is 2.55 bits per heavy atom. The Kier molecular flexibility index (Phi) is 5.02. The van der Waals surface area contributed by atoms with Crippen molar-refractivity contribution in [2.75, 3.05) is 19.8 Å². The molecule has 2 rings (SSSR count). The second-order valence-electron chi connectivity index (χ2n) is 6.16. The van der Waals surface area contributed by atoms with Gasteiger partial charge in [-0.2, -0.15) is 0 Å². The number of nitrogens with zero attached hydrogens (tertiary/aromatic N) is 1. The number of ether oxygens (including phenoxy) is 1. The van der Waals surface area contributed by atoms with E-state index in [-0.39, 0.29) is 29.8 Å². The molecule has 2 atom stereocenters. The monoisotopic (exact) mass is 282 g/mol. The first-order valence-electron chi connectivity index (χ1n) is 7.74. The summed E-state index contributed by atoms with van der Waals surface area (Å²) in [5.41, 5.74) is 0. The van der Waals surface area contributed by atoms with E-state index in [2.05, 4.69) is 12.2 Å². The van der Waals surface area contributed by atoms with Crippen LogP contribution in [0.3, 0.4) is 0 Å². The summed E-state index contributed by atoms with van der Waals surface area (Å²) in [7, 11) is 0. The van der Waals surface area contributed by atoms with Crippen LogP contribution in [-0.4, -0.2) is 48.6 Å². The minimum Gasteiger partial charge on any atom is -0.380 e. The summed E-state index contributed by atoms with van der Waals surface area (Å²) in [6.45, 7) is 7.74. The van der Waals surface area contributed by atoms with Gasteiger partial charge in [0.25, 0.3) is 0 Å². The van der Waals surface area contributed by atoms with Gasteiger partial charge >= 0.3 is 0 Å². The van der Waals surface area contributed by atoms with Gasteiger partial charge in [-0.15, -0.1) is 0 Å². The van der Waals surface area contributed by atoms with Crippen LogP contribution in [-0.2, 0) is 14.3 Å². The van der Waals surface area contributed by atoms with Crippen molar-refractivity contribution < 1.29 is 14.3 Å². The molecule has 1 N–H and O–H groups in total. The van der Waals surface area contributed by atoms with Crippen molar-refractivity contribution >= 4 is 11.8 Å². The summed E-state index contributed by atoms with van der Waals surface area (Å²) in [4.78, 5) is 26.6. The van der Waals surface area contributed by atoms with Crippen LogP contribution in [0.2, 0.25) is 0 Å². The highest BCUT2D eigenvalue weighted by atomic mass is 16.5. The molecule has 20 heavy (non-hydrogen) atoms. The molecule has 0 aromatic heterocycles. The molecule has 5 heteroatoms. The summed E-state index contributed by atoms with van der Waals surface area (Å²) in [6.07, 6.45) is 3.05. The molecule has 1 aliphatic carbocycles. The molecular weight excluding hydrogens is 256 g/mol. The lowest BCUT2D eigenvalue weighted by Crippen LogP contribution is -2.65. The van der Waals surface area contributed by atoms with E-state index in [1.54, 1.807) is 4.90 Å². The predicted octanol–water partition coefficient (Wildman–Crippen LogP) is 1.17. The molecule has 1 heterocycles. The van der Waals surface area contributed by atoms with Crippen LogP contribution < -0.4 is 5.32 Å². The van der Waals surface area contributed by atoms with Crippen molar-refractivity contribution in [2.24, 2.45) is 11.8 Å². The Morgan fingerprint density at radius 2 is 2.00 bits per heavy atom. The number of nitrogens with one attached hydrogen (secondary N) is 1. The molecule has 1 saturated carbocycles. The zero-order chi connectivity index (χ0) is 14.7. The quantitative estimate of drug-likeness (QED) is 0.713. The maximum absolute atomic E-state index is 12.6. The lowest BCUT2D eigenvalue weighted by Gasteiger charge is -2.41. The lowest BCUT2D eigenvalue weighted by molar-refractivity contribution is -0.152. The van der Waals surface area contributed by atoms with Gasteiger partial charge in [-0.25, -0.2) is 0 Å². The standard InChI is InChI=1S/C15H26N2O3/c1-4-8-20-9-7-17-13(10(2)3)14(18)16-12(15(17)19)11-5-6-11/h10-13H,4-9H2,1-3H3,(H,16,18). The zero-order valence-electron chi connectivity index (χ0n) is 12.7. The van der Waals surface area contributed by atoms with Crippen molar-refractivity contribution in [3.8, 4) is 0 Å². The first kappa shape index (κ1) is 15.3. The van der Waals surface area contributed by atoms with Crippen molar-refractivity contribution in [3.05, 3.63) is 0 Å². The second kappa shape index (κ2) is 6.57. The summed E-state index contributed by atoms with van der Waals surface area (Å²) >= 11 is 0. The maximum Gasteiger partial charge on any atom is 0.246 e. The van der Waals surface area contributed by atoms with Gasteiger partial charge in [0, 0.05) is 13.2 Å². The Labute approximate surface area is 121 Å². The van der Waals surface area contributed by atoms with E-state index >= 15 is 0 Å². The summed E-state index contributed by atoms with van der Waals surface area (Å²) in [5, 5.41) is 2.92. The van der Waals surface area contributed by atoms with E-state index in [1.165, 1.54) is 0 Å². The SMILES string of the molecule is CCCOCCN1C(=O)C(C2CC2)NC(=O)C1C(C)C. The van der Waals surface area contributed by atoms with Gasteiger partial charge < -0.3 is 15.0 Å². The fraction of sp³-hybridized carbons (Fsp3) is 0.867. The Bertz CT molecular complexity index is 366. The van der Waals surface area contributed by atoms with Crippen LogP contribution >= 0.6 is 0 Å². The number of carbonyl (C=O) groups excluding carboxylic acids is 2. The average molecular weight is 282 g/mol. The van der Waals surface area contributed by atoms with Crippen LogP contribution in [0.5, 0.6) is 0 Å². The van der Waals surface area contributed by atoms with Crippen molar-refractivity contribution in [2.45, 2.75) is 52.1 Å². The molecule has 0 spiro atoms. The summed E-state index contributed by atoms with van der Waals surface area (Å²) in [5.74, 6) is 0.529. The minimum atomic E-state index is -0.359. The summed E-state index contributed by atoms with van der Waals surface area (Å²) < 4.78 is 5.48. The van der Waals surface area contributed by atoms with Crippen LogP contribution in [0.15, 0.2) is 0 Å². The molecule has 1 saturated heterocycles. The topological polar surface area (TPSA) is 58.6 Å². The maximum atomic E-state index is 12.6. The number of piperazine rings is 1. The first-order chi connectivity index (χ1) is 9.56.